The van der Waals surface area contributed by atoms with Crippen molar-refractivity contribution in [1.29, 1.82) is 0 Å². The van der Waals surface area contributed by atoms with Crippen molar-refractivity contribution < 1.29 is 10.2 Å². The highest BCUT2D eigenvalue weighted by Gasteiger charge is 2.39. The van der Waals surface area contributed by atoms with Crippen LogP contribution in [0.5, 0.6) is 11.5 Å². The number of benzene rings is 2. The molecular formula is C24H32O2. The fraction of sp³-hybridized carbons (Fsp3) is 0.500. The van der Waals surface area contributed by atoms with Gasteiger partial charge in [0.2, 0.25) is 0 Å². The largest absolute Gasteiger partial charge is 0.508 e. The summed E-state index contributed by atoms with van der Waals surface area (Å²) in [5, 5.41) is 19.7. The average molecular weight is 353 g/mol. The second kappa shape index (κ2) is 6.64. The van der Waals surface area contributed by atoms with Gasteiger partial charge in [-0.1, -0.05) is 45.0 Å². The van der Waals surface area contributed by atoms with E-state index >= 15 is 0 Å². The summed E-state index contributed by atoms with van der Waals surface area (Å²) in [5.41, 5.74) is 4.88. The zero-order chi connectivity index (χ0) is 19.1. The zero-order valence-electron chi connectivity index (χ0n) is 16.8. The van der Waals surface area contributed by atoms with Gasteiger partial charge in [0.15, 0.2) is 0 Å². The first-order chi connectivity index (χ1) is 12.1. The van der Waals surface area contributed by atoms with Crippen LogP contribution in [0.25, 0.3) is 0 Å². The van der Waals surface area contributed by atoms with Crippen LogP contribution >= 0.6 is 0 Å². The Hall–Kier alpha value is -1.96. The van der Waals surface area contributed by atoms with Gasteiger partial charge in [-0.05, 0) is 90.7 Å². The Bertz CT molecular complexity index is 796. The van der Waals surface area contributed by atoms with Gasteiger partial charge in [0.05, 0.1) is 0 Å². The first-order valence-electron chi connectivity index (χ1n) is 9.74. The Labute approximate surface area is 157 Å². The fourth-order valence-electron chi connectivity index (χ4n) is 4.59. The van der Waals surface area contributed by atoms with E-state index in [-0.39, 0.29) is 10.8 Å². The van der Waals surface area contributed by atoms with Gasteiger partial charge in [0, 0.05) is 0 Å². The lowest BCUT2D eigenvalue weighted by Gasteiger charge is -2.44. The summed E-state index contributed by atoms with van der Waals surface area (Å²) >= 11 is 0. The molecule has 1 aliphatic rings. The molecule has 0 radical (unpaired) electrons. The maximum absolute atomic E-state index is 9.84. The fourth-order valence-corrected chi connectivity index (χ4v) is 4.59. The number of rotatable bonds is 3. The molecule has 2 nitrogen and oxygen atoms in total. The van der Waals surface area contributed by atoms with E-state index in [2.05, 4.69) is 45.0 Å². The highest BCUT2D eigenvalue weighted by molar-refractivity contribution is 5.40. The Balaban J connectivity index is 1.78. The van der Waals surface area contributed by atoms with Crippen LogP contribution in [0.4, 0.5) is 0 Å². The summed E-state index contributed by atoms with van der Waals surface area (Å²) in [6, 6.07) is 12.1. The molecule has 140 valence electrons. The first kappa shape index (κ1) is 18.8. The summed E-state index contributed by atoms with van der Waals surface area (Å²) in [5.74, 6) is 1.40. The Morgan fingerprint density at radius 3 is 1.96 bits per heavy atom. The molecule has 0 saturated heterocycles. The van der Waals surface area contributed by atoms with Gasteiger partial charge < -0.3 is 10.2 Å². The predicted molar refractivity (Wildman–Crippen MR) is 108 cm³/mol. The molecule has 2 heteroatoms. The standard InChI is InChI=1S/C24H32O2/c1-16-14-19(6-8-21(16)25)23(3,4)18-10-12-24(5,13-11-18)20-7-9-22(26)17(2)15-20/h6-9,14-15,18,25-26H,10-13H2,1-5H3. The van der Waals surface area contributed by atoms with Crippen molar-refractivity contribution in [3.63, 3.8) is 0 Å². The molecule has 3 rings (SSSR count). The van der Waals surface area contributed by atoms with Crippen LogP contribution in [0.1, 0.15) is 68.7 Å². The second-order valence-corrected chi connectivity index (χ2v) is 9.06. The van der Waals surface area contributed by atoms with Crippen molar-refractivity contribution in [1.82, 2.24) is 0 Å². The molecule has 0 unspecified atom stereocenters. The van der Waals surface area contributed by atoms with E-state index in [0.29, 0.717) is 17.4 Å². The van der Waals surface area contributed by atoms with Gasteiger partial charge in [-0.25, -0.2) is 0 Å². The lowest BCUT2D eigenvalue weighted by Crippen LogP contribution is -2.37. The molecular weight excluding hydrogens is 320 g/mol. The minimum Gasteiger partial charge on any atom is -0.508 e. The van der Waals surface area contributed by atoms with Crippen molar-refractivity contribution in [2.75, 3.05) is 0 Å². The van der Waals surface area contributed by atoms with Crippen LogP contribution < -0.4 is 0 Å². The second-order valence-electron chi connectivity index (χ2n) is 9.06. The summed E-state index contributed by atoms with van der Waals surface area (Å²) in [4.78, 5) is 0. The number of aromatic hydroxyl groups is 2. The number of hydrogen-bond donors (Lipinski definition) is 2. The number of phenolic OH excluding ortho intramolecular Hbond substituents is 2. The predicted octanol–water partition coefficient (Wildman–Crippen LogP) is 6.14. The van der Waals surface area contributed by atoms with Crippen molar-refractivity contribution in [2.45, 2.75) is 71.1 Å². The minimum atomic E-state index is 0.102. The summed E-state index contributed by atoms with van der Waals surface area (Å²) in [7, 11) is 0. The van der Waals surface area contributed by atoms with E-state index < -0.39 is 0 Å². The Morgan fingerprint density at radius 1 is 0.885 bits per heavy atom. The topological polar surface area (TPSA) is 40.5 Å². The summed E-state index contributed by atoms with van der Waals surface area (Å²) < 4.78 is 0. The maximum atomic E-state index is 9.84. The minimum absolute atomic E-state index is 0.102. The highest BCUT2D eigenvalue weighted by atomic mass is 16.3. The average Bonchev–Trinajstić information content (AvgIpc) is 2.60. The normalized spacial score (nSPS) is 23.8. The molecule has 2 aromatic carbocycles. The van der Waals surface area contributed by atoms with Crippen LogP contribution in [-0.2, 0) is 10.8 Å². The van der Waals surface area contributed by atoms with Gasteiger partial charge in [-0.15, -0.1) is 0 Å². The molecule has 0 heterocycles. The van der Waals surface area contributed by atoms with Crippen LogP contribution in [0, 0.1) is 19.8 Å². The van der Waals surface area contributed by atoms with Crippen LogP contribution in [0.2, 0.25) is 0 Å². The summed E-state index contributed by atoms with van der Waals surface area (Å²) in [6.07, 6.45) is 4.73. The number of phenols is 2. The molecule has 0 amide bonds. The third kappa shape index (κ3) is 3.34. The van der Waals surface area contributed by atoms with Gasteiger partial charge in [0.25, 0.3) is 0 Å². The summed E-state index contributed by atoms with van der Waals surface area (Å²) in [6.45, 7) is 11.0. The molecule has 2 aromatic rings. The Morgan fingerprint density at radius 2 is 1.42 bits per heavy atom. The molecule has 1 saturated carbocycles. The van der Waals surface area contributed by atoms with Crippen LogP contribution in [-0.4, -0.2) is 10.2 Å². The maximum Gasteiger partial charge on any atom is 0.118 e. The highest BCUT2D eigenvalue weighted by Crippen LogP contribution is 2.48. The van der Waals surface area contributed by atoms with Crippen LogP contribution in [0.3, 0.4) is 0 Å². The molecule has 26 heavy (non-hydrogen) atoms. The van der Waals surface area contributed by atoms with Crippen LogP contribution in [0.15, 0.2) is 36.4 Å². The molecule has 0 aromatic heterocycles. The molecule has 1 fully saturated rings. The van der Waals surface area contributed by atoms with E-state index in [1.165, 1.54) is 36.8 Å². The van der Waals surface area contributed by atoms with E-state index in [0.717, 1.165) is 11.1 Å². The third-order valence-electron chi connectivity index (χ3n) is 6.94. The lowest BCUT2D eigenvalue weighted by molar-refractivity contribution is 0.178. The van der Waals surface area contributed by atoms with Crippen molar-refractivity contribution in [3.05, 3.63) is 58.7 Å². The van der Waals surface area contributed by atoms with E-state index in [1.807, 2.05) is 26.0 Å². The monoisotopic (exact) mass is 352 g/mol. The third-order valence-corrected chi connectivity index (χ3v) is 6.94. The molecule has 0 aliphatic heterocycles. The molecule has 0 spiro atoms. The molecule has 0 atom stereocenters. The lowest BCUT2D eigenvalue weighted by atomic mass is 9.60. The van der Waals surface area contributed by atoms with E-state index in [1.54, 1.807) is 0 Å². The Kier molecular flexibility index (Phi) is 4.81. The van der Waals surface area contributed by atoms with Gasteiger partial charge >= 0.3 is 0 Å². The number of aryl methyl sites for hydroxylation is 2. The van der Waals surface area contributed by atoms with Gasteiger partial charge in [-0.3, -0.25) is 0 Å². The molecule has 1 aliphatic carbocycles. The van der Waals surface area contributed by atoms with E-state index in [4.69, 9.17) is 0 Å². The smallest absolute Gasteiger partial charge is 0.118 e. The van der Waals surface area contributed by atoms with E-state index in [9.17, 15) is 10.2 Å². The quantitative estimate of drug-likeness (QED) is 0.696. The zero-order valence-corrected chi connectivity index (χ0v) is 16.8. The molecule has 0 bridgehead atoms. The van der Waals surface area contributed by atoms with Gasteiger partial charge in [0.1, 0.15) is 11.5 Å². The first-order valence-corrected chi connectivity index (χ1v) is 9.74. The SMILES string of the molecule is Cc1cc(C2(C)CCC(C(C)(C)c3ccc(O)c(C)c3)CC2)ccc1O. The van der Waals surface area contributed by atoms with Crippen molar-refractivity contribution >= 4 is 0 Å². The number of hydrogen-bond acceptors (Lipinski definition) is 2. The molecule has 2 N–H and O–H groups in total. The van der Waals surface area contributed by atoms with Crippen molar-refractivity contribution in [3.8, 4) is 11.5 Å². The van der Waals surface area contributed by atoms with Crippen molar-refractivity contribution in [2.24, 2.45) is 5.92 Å². The van der Waals surface area contributed by atoms with Gasteiger partial charge in [-0.2, -0.15) is 0 Å².